The van der Waals surface area contributed by atoms with Gasteiger partial charge in [-0.2, -0.15) is 5.10 Å². The monoisotopic (exact) mass is 572 g/mol. The highest BCUT2D eigenvalue weighted by Crippen LogP contribution is 2.36. The fraction of sp³-hybridized carbons (Fsp3) is 0.120. The molecule has 0 atom stereocenters. The number of carbonyl (C=O) groups is 3. The Kier molecular flexibility index (Phi) is 9.43. The van der Waals surface area contributed by atoms with Crippen LogP contribution in [-0.4, -0.2) is 37.7 Å². The number of hydrazone groups is 1. The molecule has 11 heteroatoms. The number of carbonyl (C=O) groups excluding carboxylic acids is 3. The van der Waals surface area contributed by atoms with Gasteiger partial charge in [0.25, 0.3) is 5.91 Å². The number of benzene rings is 3. The Morgan fingerprint density at radius 3 is 2.44 bits per heavy atom. The zero-order valence-electron chi connectivity index (χ0n) is 19.3. The Bertz CT molecular complexity index is 1300. The molecule has 0 bridgehead atoms. The van der Waals surface area contributed by atoms with Crippen molar-refractivity contribution in [1.29, 1.82) is 0 Å². The van der Waals surface area contributed by atoms with Crippen LogP contribution in [0.1, 0.15) is 11.1 Å². The lowest BCUT2D eigenvalue weighted by Gasteiger charge is -2.13. The van der Waals surface area contributed by atoms with Crippen LogP contribution >= 0.6 is 27.5 Å². The standard InChI is InChI=1S/C25H22BrClN4O5/c1-15-6-8-18(9-7-15)29-22(32)14-36-23-20(26)10-16(11-21(23)35-2)13-28-31-25(34)24(33)30-19-5-3-4-17(27)12-19/h3-13H,14H2,1-2H3,(H,29,32)(H,30,33)(H,31,34)/b28-13-. The quantitative estimate of drug-likeness (QED) is 0.208. The van der Waals surface area contributed by atoms with Gasteiger partial charge in [-0.05, 0) is 70.9 Å². The number of rotatable bonds is 8. The minimum absolute atomic E-state index is 0.242. The molecular weight excluding hydrogens is 552 g/mol. The summed E-state index contributed by atoms with van der Waals surface area (Å²) in [5.41, 5.74) is 4.81. The molecule has 186 valence electrons. The average molecular weight is 574 g/mol. The molecule has 3 amide bonds. The minimum Gasteiger partial charge on any atom is -0.493 e. The molecule has 0 saturated heterocycles. The highest BCUT2D eigenvalue weighted by atomic mass is 79.9. The van der Waals surface area contributed by atoms with E-state index in [1.54, 1.807) is 42.5 Å². The summed E-state index contributed by atoms with van der Waals surface area (Å²) in [6.45, 7) is 1.72. The third-order valence-electron chi connectivity index (χ3n) is 4.60. The zero-order valence-corrected chi connectivity index (χ0v) is 21.6. The highest BCUT2D eigenvalue weighted by molar-refractivity contribution is 9.10. The first-order valence-corrected chi connectivity index (χ1v) is 11.7. The van der Waals surface area contributed by atoms with Gasteiger partial charge in [-0.1, -0.05) is 35.4 Å². The molecule has 9 nitrogen and oxygen atoms in total. The fourth-order valence-corrected chi connectivity index (χ4v) is 3.66. The fourth-order valence-electron chi connectivity index (χ4n) is 2.90. The number of nitrogens with zero attached hydrogens (tertiary/aromatic N) is 1. The van der Waals surface area contributed by atoms with Gasteiger partial charge in [-0.15, -0.1) is 0 Å². The van der Waals surface area contributed by atoms with Gasteiger partial charge in [-0.25, -0.2) is 5.43 Å². The third kappa shape index (κ3) is 7.82. The van der Waals surface area contributed by atoms with Crippen LogP contribution in [0.2, 0.25) is 5.02 Å². The number of halogens is 2. The van der Waals surface area contributed by atoms with Crippen molar-refractivity contribution in [3.05, 3.63) is 81.3 Å². The molecule has 3 rings (SSSR count). The van der Waals surface area contributed by atoms with Gasteiger partial charge in [0.05, 0.1) is 17.8 Å². The van der Waals surface area contributed by atoms with Crippen molar-refractivity contribution >= 4 is 62.8 Å². The van der Waals surface area contributed by atoms with E-state index in [9.17, 15) is 14.4 Å². The summed E-state index contributed by atoms with van der Waals surface area (Å²) in [7, 11) is 1.45. The lowest BCUT2D eigenvalue weighted by Crippen LogP contribution is -2.32. The Morgan fingerprint density at radius 1 is 1.00 bits per heavy atom. The first-order valence-electron chi connectivity index (χ1n) is 10.5. The van der Waals surface area contributed by atoms with E-state index >= 15 is 0 Å². The Balaban J connectivity index is 1.57. The molecule has 0 spiro atoms. The van der Waals surface area contributed by atoms with Crippen LogP contribution < -0.4 is 25.5 Å². The smallest absolute Gasteiger partial charge is 0.329 e. The molecule has 36 heavy (non-hydrogen) atoms. The van der Waals surface area contributed by atoms with Gasteiger partial charge in [0.1, 0.15) is 0 Å². The van der Waals surface area contributed by atoms with Crippen molar-refractivity contribution < 1.29 is 23.9 Å². The number of amides is 3. The van der Waals surface area contributed by atoms with E-state index < -0.39 is 11.8 Å². The van der Waals surface area contributed by atoms with E-state index in [0.29, 0.717) is 37.9 Å². The van der Waals surface area contributed by atoms with Crippen LogP contribution in [0.15, 0.2) is 70.2 Å². The second kappa shape index (κ2) is 12.7. The summed E-state index contributed by atoms with van der Waals surface area (Å²) in [5, 5.41) is 9.40. The van der Waals surface area contributed by atoms with Crippen molar-refractivity contribution in [1.82, 2.24) is 5.43 Å². The van der Waals surface area contributed by atoms with Gasteiger partial charge in [0, 0.05) is 16.4 Å². The predicted molar refractivity (Wildman–Crippen MR) is 142 cm³/mol. The van der Waals surface area contributed by atoms with Gasteiger partial charge >= 0.3 is 11.8 Å². The predicted octanol–water partition coefficient (Wildman–Crippen LogP) is 4.53. The summed E-state index contributed by atoms with van der Waals surface area (Å²) in [4.78, 5) is 36.3. The average Bonchev–Trinajstić information content (AvgIpc) is 2.84. The van der Waals surface area contributed by atoms with Crippen LogP contribution in [-0.2, 0) is 14.4 Å². The van der Waals surface area contributed by atoms with Crippen molar-refractivity contribution in [2.24, 2.45) is 5.10 Å². The minimum atomic E-state index is -0.961. The topological polar surface area (TPSA) is 118 Å². The molecule has 0 saturated carbocycles. The number of methoxy groups -OCH3 is 1. The summed E-state index contributed by atoms with van der Waals surface area (Å²) in [5.74, 6) is -1.55. The van der Waals surface area contributed by atoms with Crippen molar-refractivity contribution in [2.75, 3.05) is 24.4 Å². The Hall–Kier alpha value is -3.89. The molecule has 3 N–H and O–H groups in total. The molecular formula is C25H22BrClN4O5. The molecule has 0 aliphatic rings. The van der Waals surface area contributed by atoms with E-state index in [1.807, 2.05) is 19.1 Å². The number of hydrogen-bond donors (Lipinski definition) is 3. The molecule has 0 radical (unpaired) electrons. The summed E-state index contributed by atoms with van der Waals surface area (Å²) >= 11 is 9.25. The number of aryl methyl sites for hydroxylation is 1. The van der Waals surface area contributed by atoms with Crippen LogP contribution in [0.5, 0.6) is 11.5 Å². The normalized spacial score (nSPS) is 10.6. The SMILES string of the molecule is COc1cc(/C=N\NC(=O)C(=O)Nc2cccc(Cl)c2)cc(Br)c1OCC(=O)Nc1ccc(C)cc1. The lowest BCUT2D eigenvalue weighted by molar-refractivity contribution is -0.136. The van der Waals surface area contributed by atoms with E-state index in [2.05, 4.69) is 37.1 Å². The molecule has 0 aliphatic heterocycles. The molecule has 3 aromatic rings. The largest absolute Gasteiger partial charge is 0.493 e. The van der Waals surface area contributed by atoms with Gasteiger partial charge < -0.3 is 20.1 Å². The van der Waals surface area contributed by atoms with E-state index in [-0.39, 0.29) is 12.5 Å². The molecule has 0 unspecified atom stereocenters. The molecule has 3 aromatic carbocycles. The zero-order chi connectivity index (χ0) is 26.1. The second-order valence-electron chi connectivity index (χ2n) is 7.40. The number of ether oxygens (including phenoxy) is 2. The lowest BCUT2D eigenvalue weighted by atomic mass is 10.2. The number of nitrogens with one attached hydrogen (secondary N) is 3. The maximum Gasteiger partial charge on any atom is 0.329 e. The maximum absolute atomic E-state index is 12.2. The molecule has 0 aromatic heterocycles. The Labute approximate surface area is 220 Å². The second-order valence-corrected chi connectivity index (χ2v) is 8.69. The van der Waals surface area contributed by atoms with E-state index in [4.69, 9.17) is 21.1 Å². The van der Waals surface area contributed by atoms with Crippen LogP contribution in [0.3, 0.4) is 0 Å². The van der Waals surface area contributed by atoms with Crippen LogP contribution in [0, 0.1) is 6.92 Å². The first kappa shape index (κ1) is 26.7. The van der Waals surface area contributed by atoms with Crippen LogP contribution in [0.25, 0.3) is 0 Å². The summed E-state index contributed by atoms with van der Waals surface area (Å²) in [6, 6.07) is 17.0. The number of hydrogen-bond acceptors (Lipinski definition) is 6. The third-order valence-corrected chi connectivity index (χ3v) is 5.43. The van der Waals surface area contributed by atoms with E-state index in [1.165, 1.54) is 19.4 Å². The van der Waals surface area contributed by atoms with Gasteiger partial charge in [0.15, 0.2) is 18.1 Å². The van der Waals surface area contributed by atoms with Crippen LogP contribution in [0.4, 0.5) is 11.4 Å². The molecule has 0 fully saturated rings. The molecule has 0 aliphatic carbocycles. The Morgan fingerprint density at radius 2 is 1.75 bits per heavy atom. The maximum atomic E-state index is 12.2. The summed E-state index contributed by atoms with van der Waals surface area (Å²) < 4.78 is 11.5. The van der Waals surface area contributed by atoms with E-state index in [0.717, 1.165) is 5.56 Å². The highest BCUT2D eigenvalue weighted by Gasteiger charge is 2.15. The van der Waals surface area contributed by atoms with Crippen molar-refractivity contribution in [3.8, 4) is 11.5 Å². The number of anilines is 2. The summed E-state index contributed by atoms with van der Waals surface area (Å²) in [6.07, 6.45) is 1.33. The van der Waals surface area contributed by atoms with Gasteiger partial charge in [0.2, 0.25) is 0 Å². The van der Waals surface area contributed by atoms with Crippen molar-refractivity contribution in [3.63, 3.8) is 0 Å². The molecule has 0 heterocycles. The van der Waals surface area contributed by atoms with Gasteiger partial charge in [-0.3, -0.25) is 14.4 Å². The van der Waals surface area contributed by atoms with Crippen molar-refractivity contribution in [2.45, 2.75) is 6.92 Å². The first-order chi connectivity index (χ1) is 17.2.